The molecule has 1 atom stereocenters. The number of hydrogen-bond acceptors (Lipinski definition) is 6. The largest absolute Gasteiger partial charge is 0.394 e. The Morgan fingerprint density at radius 1 is 1.57 bits per heavy atom. The summed E-state index contributed by atoms with van der Waals surface area (Å²) in [5.41, 5.74) is 6.48. The third-order valence-corrected chi connectivity index (χ3v) is 4.34. The van der Waals surface area contributed by atoms with Crippen molar-refractivity contribution >= 4 is 33.3 Å². The molecular weight excluding hydrogens is 318 g/mol. The number of aromatic nitrogens is 3. The number of pyridine rings is 1. The predicted molar refractivity (Wildman–Crippen MR) is 88.7 cm³/mol. The molecule has 0 fully saturated rings. The molecular formula is C14H15N5O3S. The summed E-state index contributed by atoms with van der Waals surface area (Å²) in [6.07, 6.45) is 1.52. The van der Waals surface area contributed by atoms with Crippen LogP contribution >= 0.6 is 11.3 Å². The zero-order valence-corrected chi connectivity index (χ0v) is 13.0. The predicted octanol–water partition coefficient (Wildman–Crippen LogP) is 0.871. The van der Waals surface area contributed by atoms with Gasteiger partial charge < -0.3 is 26.1 Å². The number of nitrogens with one attached hydrogen (secondary N) is 3. The van der Waals surface area contributed by atoms with E-state index in [1.807, 2.05) is 0 Å². The zero-order chi connectivity index (χ0) is 16.6. The van der Waals surface area contributed by atoms with Gasteiger partial charge in [0.05, 0.1) is 22.7 Å². The molecule has 9 heteroatoms. The molecule has 6 N–H and O–H groups in total. The van der Waals surface area contributed by atoms with Gasteiger partial charge in [-0.15, -0.1) is 11.3 Å². The Balaban J connectivity index is 2.09. The highest BCUT2D eigenvalue weighted by Gasteiger charge is 2.17. The second-order valence-electron chi connectivity index (χ2n) is 5.10. The van der Waals surface area contributed by atoms with Crippen molar-refractivity contribution in [2.24, 2.45) is 5.73 Å². The van der Waals surface area contributed by atoms with Crippen molar-refractivity contribution < 1.29 is 9.90 Å². The highest BCUT2D eigenvalue weighted by Crippen LogP contribution is 2.29. The summed E-state index contributed by atoms with van der Waals surface area (Å²) in [5, 5.41) is 12.2. The number of fused-ring (bicyclic) bond motifs is 1. The molecule has 120 valence electrons. The lowest BCUT2D eigenvalue weighted by molar-refractivity contribution is 0.100. The maximum Gasteiger partial charge on any atom is 0.261 e. The van der Waals surface area contributed by atoms with Crippen LogP contribution in [0, 0.1) is 0 Å². The van der Waals surface area contributed by atoms with E-state index in [-0.39, 0.29) is 18.2 Å². The fraction of sp³-hybridized carbons (Fsp3) is 0.214. The number of nitrogens with two attached hydrogens (primary N) is 1. The van der Waals surface area contributed by atoms with Gasteiger partial charge in [0, 0.05) is 12.2 Å². The Hall–Kier alpha value is -2.65. The van der Waals surface area contributed by atoms with Gasteiger partial charge >= 0.3 is 0 Å². The first-order valence-electron chi connectivity index (χ1n) is 6.88. The molecule has 0 aliphatic carbocycles. The van der Waals surface area contributed by atoms with Crippen molar-refractivity contribution in [3.05, 3.63) is 33.6 Å². The van der Waals surface area contributed by atoms with Crippen LogP contribution in [0.25, 0.3) is 21.7 Å². The van der Waals surface area contributed by atoms with E-state index in [1.165, 1.54) is 6.20 Å². The average molecular weight is 333 g/mol. The van der Waals surface area contributed by atoms with E-state index in [0.717, 1.165) is 11.3 Å². The third-order valence-electron chi connectivity index (χ3n) is 3.30. The number of amides is 1. The van der Waals surface area contributed by atoms with Gasteiger partial charge in [-0.25, -0.2) is 4.98 Å². The van der Waals surface area contributed by atoms with Crippen molar-refractivity contribution in [3.63, 3.8) is 0 Å². The van der Waals surface area contributed by atoms with Gasteiger partial charge in [-0.1, -0.05) is 0 Å². The van der Waals surface area contributed by atoms with Gasteiger partial charge in [0.15, 0.2) is 0 Å². The maximum atomic E-state index is 12.2. The Labute approximate surface area is 134 Å². The molecule has 1 unspecified atom stereocenters. The summed E-state index contributed by atoms with van der Waals surface area (Å²) in [5.74, 6) is -0.128. The molecule has 0 spiro atoms. The number of carbonyl (C=O) groups excluding carboxylic acids is 1. The number of rotatable bonds is 5. The van der Waals surface area contributed by atoms with Crippen LogP contribution in [0.2, 0.25) is 0 Å². The van der Waals surface area contributed by atoms with Crippen molar-refractivity contribution in [3.8, 4) is 11.4 Å². The molecule has 3 aromatic rings. The van der Waals surface area contributed by atoms with Crippen LogP contribution in [0.5, 0.6) is 0 Å². The minimum absolute atomic E-state index is 0.0680. The number of thiophene rings is 1. The highest BCUT2D eigenvalue weighted by molar-refractivity contribution is 7.20. The van der Waals surface area contributed by atoms with Crippen LogP contribution in [-0.2, 0) is 0 Å². The molecule has 3 aromatic heterocycles. The molecule has 8 nitrogen and oxygen atoms in total. The monoisotopic (exact) mass is 333 g/mol. The Kier molecular flexibility index (Phi) is 3.89. The number of imidazole rings is 1. The van der Waals surface area contributed by atoms with Crippen LogP contribution in [-0.4, -0.2) is 38.6 Å². The Morgan fingerprint density at radius 3 is 3.00 bits per heavy atom. The summed E-state index contributed by atoms with van der Waals surface area (Å²) in [6.45, 7) is 1.73. The lowest BCUT2D eigenvalue weighted by atomic mass is 10.2. The van der Waals surface area contributed by atoms with E-state index in [0.29, 0.717) is 32.3 Å². The second-order valence-corrected chi connectivity index (χ2v) is 6.13. The molecule has 3 rings (SSSR count). The lowest BCUT2D eigenvalue weighted by Gasteiger charge is -2.14. The minimum atomic E-state index is -0.514. The highest BCUT2D eigenvalue weighted by atomic mass is 32.1. The SMILES string of the molecule is CC(CO)Nc1cc[nH]c(=O)c1-c1nc2sc(C(N)=O)cc2[nH]1. The molecule has 0 aliphatic heterocycles. The molecule has 1 amide bonds. The molecule has 0 bridgehead atoms. The van der Waals surface area contributed by atoms with Crippen molar-refractivity contribution in [2.45, 2.75) is 13.0 Å². The van der Waals surface area contributed by atoms with E-state index in [9.17, 15) is 14.7 Å². The van der Waals surface area contributed by atoms with Crippen LogP contribution in [0.4, 0.5) is 5.69 Å². The summed E-state index contributed by atoms with van der Waals surface area (Å²) in [4.78, 5) is 34.4. The zero-order valence-electron chi connectivity index (χ0n) is 12.2. The standard InChI is InChI=1S/C14H15N5O3S/c1-6(5-20)17-7-2-3-16-13(22)10(7)12-18-8-4-9(11(15)21)23-14(8)19-12/h2-4,6,20H,5H2,1H3,(H2,15,21)(H,18,19)(H2,16,17,22). The quantitative estimate of drug-likeness (QED) is 0.472. The normalized spacial score (nSPS) is 12.4. The molecule has 0 saturated heterocycles. The number of carbonyl (C=O) groups is 1. The van der Waals surface area contributed by atoms with E-state index < -0.39 is 5.91 Å². The fourth-order valence-electron chi connectivity index (χ4n) is 2.20. The molecule has 23 heavy (non-hydrogen) atoms. The third kappa shape index (κ3) is 2.83. The van der Waals surface area contributed by atoms with Gasteiger partial charge in [-0.3, -0.25) is 9.59 Å². The number of aliphatic hydroxyl groups excluding tert-OH is 1. The van der Waals surface area contributed by atoms with Gasteiger partial charge in [-0.05, 0) is 19.1 Å². The van der Waals surface area contributed by atoms with Gasteiger partial charge in [0.25, 0.3) is 11.5 Å². The first kappa shape index (κ1) is 15.3. The molecule has 3 heterocycles. The number of aliphatic hydroxyl groups is 1. The summed E-state index contributed by atoms with van der Waals surface area (Å²) in [7, 11) is 0. The number of aromatic amines is 2. The summed E-state index contributed by atoms with van der Waals surface area (Å²) < 4.78 is 0. The van der Waals surface area contributed by atoms with Crippen molar-refractivity contribution in [1.29, 1.82) is 0 Å². The van der Waals surface area contributed by atoms with Gasteiger partial charge in [0.1, 0.15) is 16.2 Å². The number of primary amides is 1. The summed E-state index contributed by atoms with van der Waals surface area (Å²) in [6, 6.07) is 3.10. The minimum Gasteiger partial charge on any atom is -0.394 e. The van der Waals surface area contributed by atoms with E-state index in [1.54, 1.807) is 19.1 Å². The van der Waals surface area contributed by atoms with Crippen LogP contribution < -0.4 is 16.6 Å². The van der Waals surface area contributed by atoms with E-state index in [2.05, 4.69) is 20.3 Å². The topological polar surface area (TPSA) is 137 Å². The van der Waals surface area contributed by atoms with Gasteiger partial charge in [-0.2, -0.15) is 0 Å². The number of anilines is 1. The van der Waals surface area contributed by atoms with Crippen molar-refractivity contribution in [1.82, 2.24) is 15.0 Å². The van der Waals surface area contributed by atoms with Crippen LogP contribution in [0.15, 0.2) is 23.1 Å². The van der Waals surface area contributed by atoms with Gasteiger partial charge in [0.2, 0.25) is 0 Å². The fourth-order valence-corrected chi connectivity index (χ4v) is 3.04. The van der Waals surface area contributed by atoms with E-state index in [4.69, 9.17) is 5.73 Å². The number of hydrogen-bond donors (Lipinski definition) is 5. The molecule has 0 radical (unpaired) electrons. The lowest BCUT2D eigenvalue weighted by Crippen LogP contribution is -2.22. The smallest absolute Gasteiger partial charge is 0.261 e. The Morgan fingerprint density at radius 2 is 2.35 bits per heavy atom. The average Bonchev–Trinajstić information content (AvgIpc) is 3.05. The number of H-pyrrole nitrogens is 2. The first-order valence-corrected chi connectivity index (χ1v) is 7.70. The van der Waals surface area contributed by atoms with Crippen LogP contribution in [0.1, 0.15) is 16.6 Å². The molecule has 0 aliphatic rings. The first-order chi connectivity index (χ1) is 11.0. The molecule has 0 aromatic carbocycles. The molecule has 0 saturated carbocycles. The second kappa shape index (κ2) is 5.86. The number of nitrogens with zero attached hydrogens (tertiary/aromatic N) is 1. The summed E-state index contributed by atoms with van der Waals surface area (Å²) >= 11 is 1.16. The van der Waals surface area contributed by atoms with Crippen molar-refractivity contribution in [2.75, 3.05) is 11.9 Å². The Bertz CT molecular complexity index is 895. The van der Waals surface area contributed by atoms with Crippen LogP contribution in [0.3, 0.4) is 0 Å². The maximum absolute atomic E-state index is 12.2. The van der Waals surface area contributed by atoms with E-state index >= 15 is 0 Å².